The van der Waals surface area contributed by atoms with Gasteiger partial charge >= 0.3 is 0 Å². The van der Waals surface area contributed by atoms with Crippen LogP contribution in [0, 0.1) is 30.6 Å². The molecule has 0 N–H and O–H groups in total. The van der Waals surface area contributed by atoms with E-state index in [1.54, 1.807) is 11.1 Å². The second-order valence-electron chi connectivity index (χ2n) is 8.54. The summed E-state index contributed by atoms with van der Waals surface area (Å²) >= 11 is 0. The Kier molecular flexibility index (Phi) is 4.50. The van der Waals surface area contributed by atoms with E-state index >= 15 is 0 Å². The Morgan fingerprint density at radius 1 is 0.826 bits per heavy atom. The van der Waals surface area contributed by atoms with Crippen molar-refractivity contribution >= 4 is 0 Å². The van der Waals surface area contributed by atoms with Crippen LogP contribution in [0.5, 0.6) is 0 Å². The highest BCUT2D eigenvalue weighted by molar-refractivity contribution is 5.33. The molecule has 0 saturated heterocycles. The van der Waals surface area contributed by atoms with Crippen LogP contribution in [0.1, 0.15) is 61.6 Å². The Bertz CT molecular complexity index is 549. The summed E-state index contributed by atoms with van der Waals surface area (Å²) < 4.78 is 5.63. The summed E-state index contributed by atoms with van der Waals surface area (Å²) in [7, 11) is 1.90. The van der Waals surface area contributed by atoms with Crippen LogP contribution in [0.25, 0.3) is 0 Å². The summed E-state index contributed by atoms with van der Waals surface area (Å²) in [4.78, 5) is 0. The molecule has 126 valence electrons. The van der Waals surface area contributed by atoms with Crippen molar-refractivity contribution in [3.63, 3.8) is 0 Å². The van der Waals surface area contributed by atoms with Crippen LogP contribution in [-0.4, -0.2) is 13.2 Å². The Morgan fingerprint density at radius 3 is 2.39 bits per heavy atom. The number of benzene rings is 1. The lowest BCUT2D eigenvalue weighted by atomic mass is 9.62. The number of ether oxygens (including phenoxy) is 1. The van der Waals surface area contributed by atoms with E-state index in [0.717, 1.165) is 23.7 Å². The van der Waals surface area contributed by atoms with Crippen molar-refractivity contribution in [2.45, 2.75) is 70.8 Å². The first kappa shape index (κ1) is 15.7. The van der Waals surface area contributed by atoms with Gasteiger partial charge in [-0.25, -0.2) is 0 Å². The third-order valence-corrected chi connectivity index (χ3v) is 7.23. The average molecular weight is 312 g/mol. The Morgan fingerprint density at radius 2 is 1.57 bits per heavy atom. The average Bonchev–Trinajstić information content (AvgIpc) is 2.60. The minimum Gasteiger partial charge on any atom is -0.381 e. The molecule has 3 aliphatic carbocycles. The van der Waals surface area contributed by atoms with Crippen LogP contribution in [0.2, 0.25) is 0 Å². The molecule has 0 radical (unpaired) electrons. The Labute approximate surface area is 141 Å². The minimum absolute atomic E-state index is 0.553. The molecule has 5 atom stereocenters. The molecule has 1 heteroatoms. The van der Waals surface area contributed by atoms with Crippen LogP contribution in [0.15, 0.2) is 18.2 Å². The van der Waals surface area contributed by atoms with Crippen molar-refractivity contribution in [2.75, 3.05) is 7.11 Å². The highest BCUT2D eigenvalue weighted by Gasteiger charge is 2.38. The minimum atomic E-state index is 0.553. The standard InChI is InChI=1S/C22H32O/c1-15-3-4-17-12-18(6-5-16(17)11-15)19-7-8-21-14-22(23-2)10-9-20(21)13-19/h3-4,11,18-22H,5-10,12-14H2,1-2H3. The lowest BCUT2D eigenvalue weighted by Gasteiger charge is -2.44. The second-order valence-corrected chi connectivity index (χ2v) is 8.54. The Balaban J connectivity index is 1.40. The van der Waals surface area contributed by atoms with Crippen molar-refractivity contribution in [1.29, 1.82) is 0 Å². The molecule has 4 rings (SSSR count). The highest BCUT2D eigenvalue weighted by atomic mass is 16.5. The predicted octanol–water partition coefficient (Wildman–Crippen LogP) is 5.33. The fourth-order valence-corrected chi connectivity index (χ4v) is 5.84. The van der Waals surface area contributed by atoms with Crippen LogP contribution in [0.4, 0.5) is 0 Å². The van der Waals surface area contributed by atoms with E-state index in [4.69, 9.17) is 4.74 Å². The molecular weight excluding hydrogens is 280 g/mol. The molecule has 1 nitrogen and oxygen atoms in total. The van der Waals surface area contributed by atoms with Gasteiger partial charge in [-0.05, 0) is 99.5 Å². The van der Waals surface area contributed by atoms with Gasteiger partial charge in [0.1, 0.15) is 0 Å². The molecule has 0 bridgehead atoms. The summed E-state index contributed by atoms with van der Waals surface area (Å²) in [5.74, 6) is 3.90. The van der Waals surface area contributed by atoms with Crippen molar-refractivity contribution < 1.29 is 4.74 Å². The van der Waals surface area contributed by atoms with Gasteiger partial charge in [-0.15, -0.1) is 0 Å². The lowest BCUT2D eigenvalue weighted by molar-refractivity contribution is -0.000899. The van der Waals surface area contributed by atoms with Gasteiger partial charge in [0.2, 0.25) is 0 Å². The molecule has 0 heterocycles. The third kappa shape index (κ3) is 3.22. The van der Waals surface area contributed by atoms with Gasteiger partial charge in [-0.2, -0.15) is 0 Å². The fraction of sp³-hybridized carbons (Fsp3) is 0.727. The number of hydrogen-bond donors (Lipinski definition) is 0. The predicted molar refractivity (Wildman–Crippen MR) is 95.7 cm³/mol. The number of rotatable bonds is 2. The van der Waals surface area contributed by atoms with Gasteiger partial charge in [0, 0.05) is 7.11 Å². The maximum atomic E-state index is 5.63. The van der Waals surface area contributed by atoms with Gasteiger partial charge in [0.15, 0.2) is 0 Å². The quantitative estimate of drug-likeness (QED) is 0.717. The summed E-state index contributed by atoms with van der Waals surface area (Å²) in [6.45, 7) is 2.23. The van der Waals surface area contributed by atoms with E-state index in [0.29, 0.717) is 6.10 Å². The highest BCUT2D eigenvalue weighted by Crippen LogP contribution is 2.47. The molecule has 1 aromatic rings. The van der Waals surface area contributed by atoms with E-state index in [9.17, 15) is 0 Å². The molecular formula is C22H32O. The Hall–Kier alpha value is -0.820. The van der Waals surface area contributed by atoms with Crippen molar-refractivity contribution in [3.8, 4) is 0 Å². The summed E-state index contributed by atoms with van der Waals surface area (Å²) in [5.41, 5.74) is 4.71. The van der Waals surface area contributed by atoms with E-state index in [1.807, 2.05) is 7.11 Å². The monoisotopic (exact) mass is 312 g/mol. The maximum Gasteiger partial charge on any atom is 0.0574 e. The van der Waals surface area contributed by atoms with Crippen LogP contribution in [0.3, 0.4) is 0 Å². The molecule has 2 fully saturated rings. The van der Waals surface area contributed by atoms with Gasteiger partial charge in [0.05, 0.1) is 6.10 Å². The van der Waals surface area contributed by atoms with Crippen LogP contribution in [-0.2, 0) is 17.6 Å². The van der Waals surface area contributed by atoms with Gasteiger partial charge in [-0.3, -0.25) is 0 Å². The van der Waals surface area contributed by atoms with E-state index in [-0.39, 0.29) is 0 Å². The molecule has 5 unspecified atom stereocenters. The third-order valence-electron chi connectivity index (χ3n) is 7.23. The van der Waals surface area contributed by atoms with E-state index in [2.05, 4.69) is 25.1 Å². The van der Waals surface area contributed by atoms with Gasteiger partial charge in [-0.1, -0.05) is 23.8 Å². The summed E-state index contributed by atoms with van der Waals surface area (Å²) in [6, 6.07) is 7.14. The van der Waals surface area contributed by atoms with E-state index in [1.165, 1.54) is 63.4 Å². The number of hydrogen-bond acceptors (Lipinski definition) is 1. The largest absolute Gasteiger partial charge is 0.381 e. The zero-order valence-electron chi connectivity index (χ0n) is 14.9. The smallest absolute Gasteiger partial charge is 0.0574 e. The maximum absolute atomic E-state index is 5.63. The second kappa shape index (κ2) is 6.59. The first-order valence-corrected chi connectivity index (χ1v) is 9.84. The van der Waals surface area contributed by atoms with Crippen molar-refractivity contribution in [2.24, 2.45) is 23.7 Å². The topological polar surface area (TPSA) is 9.23 Å². The SMILES string of the molecule is COC1CCC2CC(C3CCc4cc(C)ccc4C3)CCC2C1. The van der Waals surface area contributed by atoms with Gasteiger partial charge < -0.3 is 4.74 Å². The first-order valence-electron chi connectivity index (χ1n) is 9.84. The fourth-order valence-electron chi connectivity index (χ4n) is 5.84. The van der Waals surface area contributed by atoms with E-state index < -0.39 is 0 Å². The molecule has 0 aromatic heterocycles. The first-order chi connectivity index (χ1) is 11.2. The number of methoxy groups -OCH3 is 1. The molecule has 0 amide bonds. The van der Waals surface area contributed by atoms with Crippen LogP contribution >= 0.6 is 0 Å². The van der Waals surface area contributed by atoms with Gasteiger partial charge in [0.25, 0.3) is 0 Å². The molecule has 1 aromatic carbocycles. The molecule has 3 aliphatic rings. The molecule has 0 spiro atoms. The molecule has 23 heavy (non-hydrogen) atoms. The summed E-state index contributed by atoms with van der Waals surface area (Å²) in [6.07, 6.45) is 13.1. The lowest BCUT2D eigenvalue weighted by Crippen LogP contribution is -2.36. The summed E-state index contributed by atoms with van der Waals surface area (Å²) in [5, 5.41) is 0. The van der Waals surface area contributed by atoms with Crippen molar-refractivity contribution in [3.05, 3.63) is 34.9 Å². The van der Waals surface area contributed by atoms with Crippen LogP contribution < -0.4 is 0 Å². The molecule has 2 saturated carbocycles. The normalized spacial score (nSPS) is 37.0. The number of fused-ring (bicyclic) bond motifs is 2. The zero-order valence-corrected chi connectivity index (χ0v) is 14.9. The van der Waals surface area contributed by atoms with Crippen molar-refractivity contribution in [1.82, 2.24) is 0 Å². The molecule has 0 aliphatic heterocycles. The zero-order chi connectivity index (χ0) is 15.8. The number of aryl methyl sites for hydroxylation is 2.